The number of nitrogens with zero attached hydrogens (tertiary/aromatic N) is 1. The van der Waals surface area contributed by atoms with E-state index in [0.717, 1.165) is 17.5 Å². The van der Waals surface area contributed by atoms with Crippen molar-refractivity contribution in [2.45, 2.75) is 13.0 Å². The predicted molar refractivity (Wildman–Crippen MR) is 83.4 cm³/mol. The van der Waals surface area contributed by atoms with E-state index in [-0.39, 0.29) is 11.7 Å². The van der Waals surface area contributed by atoms with Gasteiger partial charge in [-0.25, -0.2) is 4.39 Å². The van der Waals surface area contributed by atoms with E-state index in [0.29, 0.717) is 28.8 Å². The molecule has 0 unspecified atom stereocenters. The number of nitrogens with two attached hydrogens (primary N) is 1. The Balaban J connectivity index is 1.84. The largest absolute Gasteiger partial charge is 0.399 e. The first-order valence-corrected chi connectivity index (χ1v) is 7.45. The standard InChI is InChI=1S/C16H14BrFN2O/c17-14-7-10(1-4-15(14)18)9-20-6-5-11-2-3-12(19)8-13(11)16(20)21/h1-4,7-8H,5-6,9,19H2. The van der Waals surface area contributed by atoms with E-state index in [1.165, 1.54) is 6.07 Å². The maximum atomic E-state index is 13.3. The fourth-order valence-electron chi connectivity index (χ4n) is 2.55. The highest BCUT2D eigenvalue weighted by Crippen LogP contribution is 2.24. The van der Waals surface area contributed by atoms with Crippen molar-refractivity contribution in [1.29, 1.82) is 0 Å². The zero-order valence-electron chi connectivity index (χ0n) is 11.3. The smallest absolute Gasteiger partial charge is 0.254 e. The number of rotatable bonds is 2. The second-order valence-electron chi connectivity index (χ2n) is 5.14. The predicted octanol–water partition coefficient (Wildman–Crippen LogP) is 3.37. The number of fused-ring (bicyclic) bond motifs is 1. The van der Waals surface area contributed by atoms with Gasteiger partial charge in [0.15, 0.2) is 0 Å². The molecule has 2 aromatic rings. The van der Waals surface area contributed by atoms with E-state index >= 15 is 0 Å². The van der Waals surface area contributed by atoms with Gasteiger partial charge in [-0.05, 0) is 57.7 Å². The molecular weight excluding hydrogens is 335 g/mol. The molecule has 2 aromatic carbocycles. The van der Waals surface area contributed by atoms with Gasteiger partial charge in [0.05, 0.1) is 4.47 Å². The molecule has 0 fully saturated rings. The topological polar surface area (TPSA) is 46.3 Å². The molecule has 0 atom stereocenters. The molecule has 1 amide bonds. The van der Waals surface area contributed by atoms with E-state index in [1.807, 2.05) is 12.1 Å². The Morgan fingerprint density at radius 3 is 2.81 bits per heavy atom. The highest BCUT2D eigenvalue weighted by molar-refractivity contribution is 9.10. The first-order valence-electron chi connectivity index (χ1n) is 6.66. The average molecular weight is 349 g/mol. The van der Waals surface area contributed by atoms with Crippen LogP contribution in [-0.4, -0.2) is 17.4 Å². The van der Waals surface area contributed by atoms with Crippen molar-refractivity contribution in [3.63, 3.8) is 0 Å². The summed E-state index contributed by atoms with van der Waals surface area (Å²) in [6, 6.07) is 10.3. The molecule has 0 saturated heterocycles. The van der Waals surface area contributed by atoms with E-state index in [2.05, 4.69) is 15.9 Å². The Hall–Kier alpha value is -1.88. The highest BCUT2D eigenvalue weighted by atomic mass is 79.9. The van der Waals surface area contributed by atoms with E-state index in [4.69, 9.17) is 5.73 Å². The molecule has 21 heavy (non-hydrogen) atoms. The normalized spacial score (nSPS) is 14.2. The summed E-state index contributed by atoms with van der Waals surface area (Å²) in [4.78, 5) is 14.3. The van der Waals surface area contributed by atoms with Gasteiger partial charge in [-0.3, -0.25) is 4.79 Å². The second-order valence-corrected chi connectivity index (χ2v) is 6.00. The zero-order valence-corrected chi connectivity index (χ0v) is 12.9. The summed E-state index contributed by atoms with van der Waals surface area (Å²) in [6.07, 6.45) is 0.809. The molecule has 0 aliphatic carbocycles. The number of hydrogen-bond acceptors (Lipinski definition) is 2. The number of nitrogen functional groups attached to an aromatic ring is 1. The summed E-state index contributed by atoms with van der Waals surface area (Å²) in [6.45, 7) is 1.12. The van der Waals surface area contributed by atoms with Crippen LogP contribution in [0.2, 0.25) is 0 Å². The van der Waals surface area contributed by atoms with Crippen molar-refractivity contribution in [2.24, 2.45) is 0 Å². The first-order chi connectivity index (χ1) is 10.0. The van der Waals surface area contributed by atoms with E-state index < -0.39 is 0 Å². The maximum absolute atomic E-state index is 13.3. The number of amides is 1. The maximum Gasteiger partial charge on any atom is 0.254 e. The molecule has 1 aliphatic heterocycles. The minimum Gasteiger partial charge on any atom is -0.399 e. The summed E-state index contributed by atoms with van der Waals surface area (Å²) in [5, 5.41) is 0. The van der Waals surface area contributed by atoms with Gasteiger partial charge in [0, 0.05) is 24.3 Å². The van der Waals surface area contributed by atoms with Gasteiger partial charge >= 0.3 is 0 Å². The van der Waals surface area contributed by atoms with Crippen LogP contribution < -0.4 is 5.73 Å². The number of carbonyl (C=O) groups excluding carboxylic acids is 1. The average Bonchev–Trinajstić information content (AvgIpc) is 2.46. The highest BCUT2D eigenvalue weighted by Gasteiger charge is 2.24. The first kappa shape index (κ1) is 14.1. The Bertz CT molecular complexity index is 717. The Labute approximate surface area is 130 Å². The van der Waals surface area contributed by atoms with Gasteiger partial charge in [0.25, 0.3) is 5.91 Å². The third-order valence-corrected chi connectivity index (χ3v) is 4.27. The van der Waals surface area contributed by atoms with Gasteiger partial charge < -0.3 is 10.6 Å². The fourth-order valence-corrected chi connectivity index (χ4v) is 2.97. The SMILES string of the molecule is Nc1ccc2c(c1)C(=O)N(Cc1ccc(F)c(Br)c1)CC2. The van der Waals surface area contributed by atoms with Crippen LogP contribution in [0, 0.1) is 5.82 Å². The lowest BCUT2D eigenvalue weighted by Crippen LogP contribution is -2.37. The molecule has 2 N–H and O–H groups in total. The van der Waals surface area contributed by atoms with Crippen LogP contribution in [0.1, 0.15) is 21.5 Å². The van der Waals surface area contributed by atoms with Crippen LogP contribution in [0.25, 0.3) is 0 Å². The van der Waals surface area contributed by atoms with E-state index in [1.54, 1.807) is 23.1 Å². The molecule has 1 heterocycles. The van der Waals surface area contributed by atoms with Crippen LogP contribution in [0.5, 0.6) is 0 Å². The number of halogens is 2. The van der Waals surface area contributed by atoms with Crippen molar-refractivity contribution in [1.82, 2.24) is 4.90 Å². The summed E-state index contributed by atoms with van der Waals surface area (Å²) in [7, 11) is 0. The molecule has 0 radical (unpaired) electrons. The minimum absolute atomic E-state index is 0.0241. The van der Waals surface area contributed by atoms with Gasteiger partial charge in [-0.1, -0.05) is 12.1 Å². The minimum atomic E-state index is -0.304. The van der Waals surface area contributed by atoms with Crippen LogP contribution >= 0.6 is 15.9 Å². The molecule has 5 heteroatoms. The van der Waals surface area contributed by atoms with Crippen molar-refractivity contribution in [3.05, 3.63) is 63.4 Å². The lowest BCUT2D eigenvalue weighted by Gasteiger charge is -2.29. The quantitative estimate of drug-likeness (QED) is 0.845. The molecule has 108 valence electrons. The van der Waals surface area contributed by atoms with Crippen LogP contribution in [-0.2, 0) is 13.0 Å². The molecule has 3 nitrogen and oxygen atoms in total. The summed E-state index contributed by atoms with van der Waals surface area (Å²) >= 11 is 3.17. The third-order valence-electron chi connectivity index (χ3n) is 3.66. The Morgan fingerprint density at radius 1 is 1.24 bits per heavy atom. The van der Waals surface area contributed by atoms with Crippen LogP contribution in [0.3, 0.4) is 0 Å². The van der Waals surface area contributed by atoms with Gasteiger partial charge in [-0.15, -0.1) is 0 Å². The fraction of sp³-hybridized carbons (Fsp3) is 0.188. The summed E-state index contributed by atoms with van der Waals surface area (Å²) in [5.41, 5.74) is 8.95. The number of anilines is 1. The summed E-state index contributed by atoms with van der Waals surface area (Å²) in [5.74, 6) is -0.328. The molecular formula is C16H14BrFN2O. The second kappa shape index (κ2) is 5.48. The molecule has 0 aromatic heterocycles. The van der Waals surface area contributed by atoms with Crippen LogP contribution in [0.4, 0.5) is 10.1 Å². The van der Waals surface area contributed by atoms with Crippen molar-refractivity contribution < 1.29 is 9.18 Å². The Morgan fingerprint density at radius 2 is 2.05 bits per heavy atom. The zero-order chi connectivity index (χ0) is 15.0. The van der Waals surface area contributed by atoms with Crippen molar-refractivity contribution >= 4 is 27.5 Å². The lowest BCUT2D eigenvalue weighted by molar-refractivity contribution is 0.0727. The lowest BCUT2D eigenvalue weighted by atomic mass is 9.98. The van der Waals surface area contributed by atoms with Gasteiger partial charge in [-0.2, -0.15) is 0 Å². The Kier molecular flexibility index (Phi) is 3.68. The van der Waals surface area contributed by atoms with Gasteiger partial charge in [0.2, 0.25) is 0 Å². The van der Waals surface area contributed by atoms with E-state index in [9.17, 15) is 9.18 Å². The molecule has 1 aliphatic rings. The van der Waals surface area contributed by atoms with Crippen molar-refractivity contribution in [3.8, 4) is 0 Å². The summed E-state index contributed by atoms with van der Waals surface area (Å²) < 4.78 is 13.7. The van der Waals surface area contributed by atoms with Crippen LogP contribution in [0.15, 0.2) is 40.9 Å². The number of benzene rings is 2. The molecule has 0 bridgehead atoms. The molecule has 0 spiro atoms. The van der Waals surface area contributed by atoms with Gasteiger partial charge in [0.1, 0.15) is 5.82 Å². The third kappa shape index (κ3) is 2.78. The number of hydrogen-bond donors (Lipinski definition) is 1. The molecule has 3 rings (SSSR count). The monoisotopic (exact) mass is 348 g/mol. The van der Waals surface area contributed by atoms with Crippen molar-refractivity contribution in [2.75, 3.05) is 12.3 Å². The number of carbonyl (C=O) groups is 1. The molecule has 0 saturated carbocycles.